The summed E-state index contributed by atoms with van der Waals surface area (Å²) >= 11 is 2.22. The molecular weight excluding hydrogens is 341 g/mol. The molecule has 0 aliphatic carbocycles. The molecule has 1 unspecified atom stereocenters. The van der Waals surface area contributed by atoms with Crippen molar-refractivity contribution in [2.24, 2.45) is 5.41 Å². The van der Waals surface area contributed by atoms with Crippen molar-refractivity contribution in [2.75, 3.05) is 4.90 Å². The number of halogens is 1. The Morgan fingerprint density at radius 3 is 2.67 bits per heavy atom. The van der Waals surface area contributed by atoms with Crippen molar-refractivity contribution in [1.29, 1.82) is 0 Å². The fourth-order valence-corrected chi connectivity index (χ4v) is 3.47. The molecule has 0 radical (unpaired) electrons. The Morgan fingerprint density at radius 2 is 2.11 bits per heavy atom. The summed E-state index contributed by atoms with van der Waals surface area (Å²) < 4.78 is 1.02. The molecule has 4 heteroatoms. The van der Waals surface area contributed by atoms with Crippen molar-refractivity contribution in [3.8, 4) is 0 Å². The highest BCUT2D eigenvalue weighted by atomic mass is 127. The lowest BCUT2D eigenvalue weighted by atomic mass is 9.79. The van der Waals surface area contributed by atoms with Crippen molar-refractivity contribution < 1.29 is 9.90 Å². The third-order valence-electron chi connectivity index (χ3n) is 3.52. The summed E-state index contributed by atoms with van der Waals surface area (Å²) in [6.07, 6.45) is 1.00. The average molecular weight is 359 g/mol. The van der Waals surface area contributed by atoms with Gasteiger partial charge in [0.25, 0.3) is 0 Å². The first-order valence-electron chi connectivity index (χ1n) is 6.12. The van der Waals surface area contributed by atoms with Crippen molar-refractivity contribution in [1.82, 2.24) is 0 Å². The maximum atomic E-state index is 11.6. The Hall–Kier alpha value is -0.780. The standard InChI is InChI=1S/C14H18INO2/c1-14(2,3)11-8-7-9-5-4-6-10(15)12(9)16(11)13(17)18/h4-6,11H,7-8H2,1-3H3,(H,17,18). The molecule has 0 fully saturated rings. The van der Waals surface area contributed by atoms with Crippen molar-refractivity contribution in [3.05, 3.63) is 27.3 Å². The lowest BCUT2D eigenvalue weighted by molar-refractivity contribution is 0.185. The number of para-hydroxylation sites is 1. The van der Waals surface area contributed by atoms with Crippen LogP contribution in [0.1, 0.15) is 32.8 Å². The van der Waals surface area contributed by atoms with Crippen LogP contribution in [-0.4, -0.2) is 17.2 Å². The Morgan fingerprint density at radius 1 is 1.44 bits per heavy atom. The molecule has 0 saturated heterocycles. The molecule has 1 amide bonds. The second kappa shape index (κ2) is 4.72. The van der Waals surface area contributed by atoms with E-state index in [-0.39, 0.29) is 11.5 Å². The number of nitrogens with zero attached hydrogens (tertiary/aromatic N) is 1. The van der Waals surface area contributed by atoms with Crippen molar-refractivity contribution >= 4 is 34.4 Å². The van der Waals surface area contributed by atoms with Gasteiger partial charge in [0, 0.05) is 9.61 Å². The molecule has 0 saturated carbocycles. The first kappa shape index (κ1) is 13.6. The molecule has 1 heterocycles. The molecule has 1 aliphatic rings. The molecule has 1 aromatic rings. The van der Waals surface area contributed by atoms with E-state index in [2.05, 4.69) is 43.4 Å². The molecule has 1 atom stereocenters. The van der Waals surface area contributed by atoms with Gasteiger partial charge in [-0.05, 0) is 52.5 Å². The maximum Gasteiger partial charge on any atom is 0.412 e. The van der Waals surface area contributed by atoms with E-state index >= 15 is 0 Å². The van der Waals surface area contributed by atoms with Crippen LogP contribution < -0.4 is 4.90 Å². The number of carboxylic acid groups (broad SMARTS) is 1. The van der Waals surface area contributed by atoms with Crippen LogP contribution >= 0.6 is 22.6 Å². The Kier molecular flexibility index (Phi) is 3.58. The normalized spacial score (nSPS) is 19.6. The summed E-state index contributed by atoms with van der Waals surface area (Å²) in [6.45, 7) is 6.32. The topological polar surface area (TPSA) is 40.5 Å². The lowest BCUT2D eigenvalue weighted by Gasteiger charge is -2.43. The van der Waals surface area contributed by atoms with Gasteiger partial charge < -0.3 is 5.11 Å². The summed E-state index contributed by atoms with van der Waals surface area (Å²) in [6, 6.07) is 6.04. The van der Waals surface area contributed by atoms with E-state index in [9.17, 15) is 9.90 Å². The van der Waals surface area contributed by atoms with Crippen molar-refractivity contribution in [2.45, 2.75) is 39.7 Å². The molecule has 98 valence electrons. The van der Waals surface area contributed by atoms with Crippen molar-refractivity contribution in [3.63, 3.8) is 0 Å². The highest BCUT2D eigenvalue weighted by Gasteiger charge is 2.38. The maximum absolute atomic E-state index is 11.6. The second-order valence-electron chi connectivity index (χ2n) is 5.82. The minimum Gasteiger partial charge on any atom is -0.465 e. The van der Waals surface area contributed by atoms with E-state index in [4.69, 9.17) is 0 Å². The number of hydrogen-bond donors (Lipinski definition) is 1. The number of benzene rings is 1. The first-order valence-corrected chi connectivity index (χ1v) is 7.20. The fraction of sp³-hybridized carbons (Fsp3) is 0.500. The Bertz CT molecular complexity index is 479. The number of amides is 1. The molecule has 1 aromatic carbocycles. The van der Waals surface area contributed by atoms with E-state index in [0.29, 0.717) is 0 Å². The molecular formula is C14H18INO2. The lowest BCUT2D eigenvalue weighted by Crippen LogP contribution is -2.50. The van der Waals surface area contributed by atoms with Gasteiger partial charge in [-0.2, -0.15) is 0 Å². The highest BCUT2D eigenvalue weighted by Crippen LogP contribution is 2.40. The quantitative estimate of drug-likeness (QED) is 0.708. The van der Waals surface area contributed by atoms with Crippen LogP contribution in [0.25, 0.3) is 0 Å². The monoisotopic (exact) mass is 359 g/mol. The van der Waals surface area contributed by atoms with Crippen LogP contribution in [0.3, 0.4) is 0 Å². The largest absolute Gasteiger partial charge is 0.465 e. The number of aryl methyl sites for hydroxylation is 1. The number of fused-ring (bicyclic) bond motifs is 1. The summed E-state index contributed by atoms with van der Waals surface area (Å²) in [5.74, 6) is 0. The van der Waals surface area contributed by atoms with Gasteiger partial charge in [-0.1, -0.05) is 32.9 Å². The number of rotatable bonds is 0. The van der Waals surface area contributed by atoms with Crippen LogP contribution in [0.5, 0.6) is 0 Å². The third-order valence-corrected chi connectivity index (χ3v) is 4.39. The zero-order valence-electron chi connectivity index (χ0n) is 10.9. The fourth-order valence-electron chi connectivity index (χ4n) is 2.66. The predicted molar refractivity (Wildman–Crippen MR) is 81.2 cm³/mol. The number of hydrogen-bond acceptors (Lipinski definition) is 1. The molecule has 18 heavy (non-hydrogen) atoms. The summed E-state index contributed by atoms with van der Waals surface area (Å²) in [5.41, 5.74) is 1.98. The zero-order chi connectivity index (χ0) is 13.5. The van der Waals surface area contributed by atoms with Gasteiger partial charge >= 0.3 is 6.09 Å². The van der Waals surface area contributed by atoms with Crippen LogP contribution in [0.2, 0.25) is 0 Å². The summed E-state index contributed by atoms with van der Waals surface area (Å²) in [7, 11) is 0. The highest BCUT2D eigenvalue weighted by molar-refractivity contribution is 14.1. The SMILES string of the molecule is CC(C)(C)C1CCc2cccc(I)c2N1C(=O)O. The molecule has 0 bridgehead atoms. The van der Waals surface area contributed by atoms with E-state index in [1.54, 1.807) is 4.90 Å². The van der Waals surface area contributed by atoms with Gasteiger partial charge in [-0.15, -0.1) is 0 Å². The summed E-state index contributed by atoms with van der Waals surface area (Å²) in [5, 5.41) is 9.57. The van der Waals surface area contributed by atoms with Gasteiger partial charge in [0.2, 0.25) is 0 Å². The van der Waals surface area contributed by atoms with Crippen LogP contribution in [-0.2, 0) is 6.42 Å². The second-order valence-corrected chi connectivity index (χ2v) is 6.98. The number of anilines is 1. The predicted octanol–water partition coefficient (Wildman–Crippen LogP) is 4.14. The van der Waals surface area contributed by atoms with E-state index in [1.807, 2.05) is 18.2 Å². The summed E-state index contributed by atoms with van der Waals surface area (Å²) in [4.78, 5) is 13.2. The van der Waals surface area contributed by atoms with Gasteiger partial charge in [-0.3, -0.25) is 4.90 Å². The first-order chi connectivity index (χ1) is 8.32. The molecule has 1 aliphatic heterocycles. The van der Waals surface area contributed by atoms with E-state index < -0.39 is 6.09 Å². The van der Waals surface area contributed by atoms with Gasteiger partial charge in [0.1, 0.15) is 0 Å². The van der Waals surface area contributed by atoms with Crippen LogP contribution in [0.4, 0.5) is 10.5 Å². The number of carbonyl (C=O) groups is 1. The van der Waals surface area contributed by atoms with Crippen LogP contribution in [0, 0.1) is 8.99 Å². The van der Waals surface area contributed by atoms with Gasteiger partial charge in [-0.25, -0.2) is 4.79 Å². The molecule has 0 spiro atoms. The molecule has 1 N–H and O–H groups in total. The molecule has 2 rings (SSSR count). The molecule has 0 aromatic heterocycles. The van der Waals surface area contributed by atoms with E-state index in [0.717, 1.165) is 27.7 Å². The van der Waals surface area contributed by atoms with Gasteiger partial charge in [0.15, 0.2) is 0 Å². The average Bonchev–Trinajstić information content (AvgIpc) is 2.26. The van der Waals surface area contributed by atoms with E-state index in [1.165, 1.54) is 0 Å². The molecule has 3 nitrogen and oxygen atoms in total. The third kappa shape index (κ3) is 2.35. The minimum absolute atomic E-state index is 0.0402. The zero-order valence-corrected chi connectivity index (χ0v) is 13.1. The Balaban J connectivity index is 2.55. The van der Waals surface area contributed by atoms with Crippen LogP contribution in [0.15, 0.2) is 18.2 Å². The van der Waals surface area contributed by atoms with Gasteiger partial charge in [0.05, 0.1) is 5.69 Å². The smallest absolute Gasteiger partial charge is 0.412 e. The minimum atomic E-state index is -0.847. The Labute approximate surface area is 121 Å².